The monoisotopic (exact) mass is 380 g/mol. The van der Waals surface area contributed by atoms with Crippen LogP contribution in [0.15, 0.2) is 48.5 Å². The molecule has 0 aromatic heterocycles. The molecule has 1 aliphatic carbocycles. The molecule has 2 aromatic rings. The first-order chi connectivity index (χ1) is 12.1. The molecule has 0 radical (unpaired) electrons. The van der Waals surface area contributed by atoms with E-state index in [2.05, 4.69) is 0 Å². The van der Waals surface area contributed by atoms with Gasteiger partial charge in [-0.25, -0.2) is 8.78 Å². The minimum absolute atomic E-state index is 0. The minimum atomic E-state index is -0.861. The van der Waals surface area contributed by atoms with Gasteiger partial charge < -0.3 is 10.6 Å². The zero-order chi connectivity index (χ0) is 17.8. The summed E-state index contributed by atoms with van der Waals surface area (Å²) in [4.78, 5) is 14.7. The highest BCUT2D eigenvalue weighted by atomic mass is 35.5. The summed E-state index contributed by atoms with van der Waals surface area (Å²) in [5.41, 5.74) is 7.35. The van der Waals surface area contributed by atoms with Crippen molar-refractivity contribution < 1.29 is 13.6 Å². The van der Waals surface area contributed by atoms with E-state index in [4.69, 9.17) is 5.73 Å². The maximum absolute atomic E-state index is 13.4. The summed E-state index contributed by atoms with van der Waals surface area (Å²) >= 11 is 0. The normalized spacial score (nSPS) is 18.1. The zero-order valence-corrected chi connectivity index (χ0v) is 15.2. The molecule has 26 heavy (non-hydrogen) atoms. The summed E-state index contributed by atoms with van der Waals surface area (Å²) in [5.74, 6) is -1.85. The molecule has 0 bridgehead atoms. The molecule has 2 aromatic carbocycles. The SMILES string of the molecule is Cl.NCCCN(Cc1ccccc1)C(=O)C1CC1c1ccc(F)c(F)c1. The average Bonchev–Trinajstić information content (AvgIpc) is 3.42. The maximum Gasteiger partial charge on any atom is 0.226 e. The summed E-state index contributed by atoms with van der Waals surface area (Å²) in [6.07, 6.45) is 1.42. The van der Waals surface area contributed by atoms with Gasteiger partial charge in [0.05, 0.1) is 0 Å². The summed E-state index contributed by atoms with van der Waals surface area (Å²) < 4.78 is 26.5. The lowest BCUT2D eigenvalue weighted by atomic mass is 10.1. The van der Waals surface area contributed by atoms with Crippen molar-refractivity contribution in [3.05, 3.63) is 71.3 Å². The summed E-state index contributed by atoms with van der Waals surface area (Å²) in [5, 5.41) is 0. The Bertz CT molecular complexity index is 742. The lowest BCUT2D eigenvalue weighted by Gasteiger charge is -2.23. The predicted octanol–water partition coefficient (Wildman–Crippen LogP) is 3.87. The largest absolute Gasteiger partial charge is 0.338 e. The first kappa shape index (κ1) is 20.3. The lowest BCUT2D eigenvalue weighted by Crippen LogP contribution is -2.34. The highest BCUT2D eigenvalue weighted by molar-refractivity contribution is 5.85. The van der Waals surface area contributed by atoms with Crippen molar-refractivity contribution in [1.82, 2.24) is 4.90 Å². The fraction of sp³-hybridized carbons (Fsp3) is 0.350. The Labute approximate surface area is 158 Å². The number of rotatable bonds is 7. The molecule has 2 atom stereocenters. The number of carbonyl (C=O) groups is 1. The molecule has 3 nitrogen and oxygen atoms in total. The third kappa shape index (κ3) is 4.80. The summed E-state index contributed by atoms with van der Waals surface area (Å²) in [6.45, 7) is 1.67. The van der Waals surface area contributed by atoms with Crippen LogP contribution in [0.4, 0.5) is 8.78 Å². The average molecular weight is 381 g/mol. The Kier molecular flexibility index (Phi) is 7.12. The third-order valence-corrected chi connectivity index (χ3v) is 4.64. The standard InChI is InChI=1S/C20H22F2N2O.ClH/c21-18-8-7-15(11-19(18)22)16-12-17(16)20(25)24(10-4-9-23)13-14-5-2-1-3-6-14;/h1-3,5-8,11,16-17H,4,9-10,12-13,23H2;1H. The van der Waals surface area contributed by atoms with Crippen molar-refractivity contribution in [3.8, 4) is 0 Å². The fourth-order valence-electron chi connectivity index (χ4n) is 3.17. The van der Waals surface area contributed by atoms with E-state index in [0.29, 0.717) is 31.6 Å². The van der Waals surface area contributed by atoms with Crippen LogP contribution in [0.2, 0.25) is 0 Å². The van der Waals surface area contributed by atoms with E-state index in [1.165, 1.54) is 6.07 Å². The molecule has 0 spiro atoms. The fourth-order valence-corrected chi connectivity index (χ4v) is 3.17. The third-order valence-electron chi connectivity index (χ3n) is 4.64. The first-order valence-electron chi connectivity index (χ1n) is 8.58. The molecule has 2 unspecified atom stereocenters. The van der Waals surface area contributed by atoms with Gasteiger partial charge in [0.25, 0.3) is 0 Å². The van der Waals surface area contributed by atoms with Crippen LogP contribution in [-0.4, -0.2) is 23.9 Å². The molecule has 1 amide bonds. The van der Waals surface area contributed by atoms with Gasteiger partial charge in [-0.2, -0.15) is 0 Å². The molecule has 2 N–H and O–H groups in total. The molecule has 1 aliphatic rings. The van der Waals surface area contributed by atoms with Crippen LogP contribution in [0.1, 0.15) is 29.9 Å². The second kappa shape index (κ2) is 9.10. The van der Waals surface area contributed by atoms with Gasteiger partial charge in [-0.15, -0.1) is 12.4 Å². The van der Waals surface area contributed by atoms with Crippen LogP contribution in [0, 0.1) is 17.6 Å². The van der Waals surface area contributed by atoms with Gasteiger partial charge in [0.2, 0.25) is 5.91 Å². The van der Waals surface area contributed by atoms with Crippen LogP contribution >= 0.6 is 12.4 Å². The van der Waals surface area contributed by atoms with Gasteiger partial charge in [0.15, 0.2) is 11.6 Å². The summed E-state index contributed by atoms with van der Waals surface area (Å²) in [6, 6.07) is 13.7. The number of carbonyl (C=O) groups excluding carboxylic acids is 1. The Balaban J connectivity index is 0.00000243. The Morgan fingerprint density at radius 3 is 2.50 bits per heavy atom. The van der Waals surface area contributed by atoms with Crippen LogP contribution < -0.4 is 5.73 Å². The Hall–Kier alpha value is -1.98. The number of benzene rings is 2. The number of hydrogen-bond donors (Lipinski definition) is 1. The van der Waals surface area contributed by atoms with E-state index in [0.717, 1.165) is 18.1 Å². The van der Waals surface area contributed by atoms with E-state index in [1.807, 2.05) is 35.2 Å². The van der Waals surface area contributed by atoms with Gasteiger partial charge in [-0.1, -0.05) is 36.4 Å². The second-order valence-corrected chi connectivity index (χ2v) is 6.51. The smallest absolute Gasteiger partial charge is 0.226 e. The molecule has 3 rings (SSSR count). The van der Waals surface area contributed by atoms with Gasteiger partial charge in [0, 0.05) is 19.0 Å². The molecule has 0 heterocycles. The molecular weight excluding hydrogens is 358 g/mol. The number of halogens is 3. The molecule has 0 saturated heterocycles. The topological polar surface area (TPSA) is 46.3 Å². The maximum atomic E-state index is 13.4. The number of hydrogen-bond acceptors (Lipinski definition) is 2. The highest BCUT2D eigenvalue weighted by Gasteiger charge is 2.45. The van der Waals surface area contributed by atoms with Gasteiger partial charge in [-0.05, 0) is 48.6 Å². The van der Waals surface area contributed by atoms with Crippen molar-refractivity contribution in [2.75, 3.05) is 13.1 Å². The van der Waals surface area contributed by atoms with E-state index in [-0.39, 0.29) is 30.2 Å². The number of nitrogens with two attached hydrogens (primary N) is 1. The minimum Gasteiger partial charge on any atom is -0.338 e. The number of nitrogens with zero attached hydrogens (tertiary/aromatic N) is 1. The molecule has 140 valence electrons. The van der Waals surface area contributed by atoms with E-state index >= 15 is 0 Å². The molecule has 1 saturated carbocycles. The molecule has 6 heteroatoms. The van der Waals surface area contributed by atoms with Gasteiger partial charge in [-0.3, -0.25) is 4.79 Å². The van der Waals surface area contributed by atoms with Crippen molar-refractivity contribution in [2.45, 2.75) is 25.3 Å². The van der Waals surface area contributed by atoms with E-state index in [1.54, 1.807) is 6.07 Å². The number of amides is 1. The quantitative estimate of drug-likeness (QED) is 0.792. The Morgan fingerprint density at radius 2 is 1.85 bits per heavy atom. The molecule has 1 fully saturated rings. The zero-order valence-electron chi connectivity index (χ0n) is 14.4. The molecule has 0 aliphatic heterocycles. The van der Waals surface area contributed by atoms with Crippen molar-refractivity contribution in [2.24, 2.45) is 11.7 Å². The van der Waals surface area contributed by atoms with Crippen LogP contribution in [-0.2, 0) is 11.3 Å². The lowest BCUT2D eigenvalue weighted by molar-refractivity contribution is -0.133. The molecular formula is C20H23ClF2N2O. The first-order valence-corrected chi connectivity index (χ1v) is 8.58. The van der Waals surface area contributed by atoms with Gasteiger partial charge in [0.1, 0.15) is 0 Å². The van der Waals surface area contributed by atoms with Gasteiger partial charge >= 0.3 is 0 Å². The van der Waals surface area contributed by atoms with Crippen LogP contribution in [0.5, 0.6) is 0 Å². The van der Waals surface area contributed by atoms with Crippen LogP contribution in [0.25, 0.3) is 0 Å². The van der Waals surface area contributed by atoms with Crippen molar-refractivity contribution >= 4 is 18.3 Å². The second-order valence-electron chi connectivity index (χ2n) is 6.51. The Morgan fingerprint density at radius 1 is 1.12 bits per heavy atom. The van der Waals surface area contributed by atoms with E-state index in [9.17, 15) is 13.6 Å². The van der Waals surface area contributed by atoms with E-state index < -0.39 is 11.6 Å². The predicted molar refractivity (Wildman–Crippen MR) is 100.0 cm³/mol. The van der Waals surface area contributed by atoms with Crippen molar-refractivity contribution in [3.63, 3.8) is 0 Å². The highest BCUT2D eigenvalue weighted by Crippen LogP contribution is 2.48. The summed E-state index contributed by atoms with van der Waals surface area (Å²) in [7, 11) is 0. The van der Waals surface area contributed by atoms with Crippen LogP contribution in [0.3, 0.4) is 0 Å². The van der Waals surface area contributed by atoms with Crippen molar-refractivity contribution in [1.29, 1.82) is 0 Å².